The summed E-state index contributed by atoms with van der Waals surface area (Å²) in [6, 6.07) is 15.0. The average molecular weight is 259 g/mol. The molecule has 0 aliphatic carbocycles. The third kappa shape index (κ3) is 3.06. The summed E-state index contributed by atoms with van der Waals surface area (Å²) in [6.45, 7) is 4.49. The molecule has 2 aromatic carbocycles. The second-order valence-electron chi connectivity index (χ2n) is 4.73. The van der Waals surface area contributed by atoms with Crippen LogP contribution >= 0.6 is 11.8 Å². The molecule has 0 saturated heterocycles. The molecule has 0 aromatic heterocycles. The maximum atomic E-state index is 6.34. The topological polar surface area (TPSA) is 26.0 Å². The zero-order chi connectivity index (χ0) is 13.0. The van der Waals surface area contributed by atoms with Crippen LogP contribution in [0, 0.1) is 0 Å². The normalized spacial score (nSPS) is 14.6. The minimum Gasteiger partial charge on any atom is -0.323 e. The van der Waals surface area contributed by atoms with Gasteiger partial charge in [0.1, 0.15) is 0 Å². The molecule has 0 heterocycles. The fourth-order valence-corrected chi connectivity index (χ4v) is 3.00. The summed E-state index contributed by atoms with van der Waals surface area (Å²) in [4.78, 5) is 0. The molecule has 2 N–H and O–H groups in total. The van der Waals surface area contributed by atoms with E-state index in [2.05, 4.69) is 56.3 Å². The molecule has 2 heteroatoms. The Morgan fingerprint density at radius 3 is 2.61 bits per heavy atom. The summed E-state index contributed by atoms with van der Waals surface area (Å²) in [5, 5.41) is 3.25. The van der Waals surface area contributed by atoms with Gasteiger partial charge in [-0.15, -0.1) is 0 Å². The van der Waals surface area contributed by atoms with Gasteiger partial charge in [-0.25, -0.2) is 0 Å². The summed E-state index contributed by atoms with van der Waals surface area (Å²) < 4.78 is 0. The van der Waals surface area contributed by atoms with E-state index in [4.69, 9.17) is 5.73 Å². The summed E-state index contributed by atoms with van der Waals surface area (Å²) in [5.41, 5.74) is 7.61. The fraction of sp³-hybridized carbons (Fsp3) is 0.375. The van der Waals surface area contributed by atoms with Gasteiger partial charge in [-0.1, -0.05) is 56.3 Å². The van der Waals surface area contributed by atoms with Gasteiger partial charge in [-0.05, 0) is 22.8 Å². The monoisotopic (exact) mass is 259 g/mol. The fourth-order valence-electron chi connectivity index (χ4n) is 2.05. The molecule has 96 valence electrons. The first-order valence-electron chi connectivity index (χ1n) is 6.57. The van der Waals surface area contributed by atoms with Crippen molar-refractivity contribution in [2.45, 2.75) is 31.6 Å². The first-order chi connectivity index (χ1) is 8.72. The van der Waals surface area contributed by atoms with Gasteiger partial charge in [0.2, 0.25) is 0 Å². The molecule has 2 aromatic rings. The second kappa shape index (κ2) is 6.26. The minimum absolute atomic E-state index is 0.120. The van der Waals surface area contributed by atoms with Crippen molar-refractivity contribution in [3.63, 3.8) is 0 Å². The van der Waals surface area contributed by atoms with Gasteiger partial charge >= 0.3 is 0 Å². The Kier molecular flexibility index (Phi) is 4.67. The lowest BCUT2D eigenvalue weighted by molar-refractivity contribution is 0.828. The van der Waals surface area contributed by atoms with E-state index < -0.39 is 0 Å². The molecule has 2 rings (SSSR count). The maximum Gasteiger partial charge on any atom is 0.0393 e. The van der Waals surface area contributed by atoms with Crippen LogP contribution in [-0.2, 0) is 0 Å². The molecule has 18 heavy (non-hydrogen) atoms. The molecule has 0 aliphatic heterocycles. The molecule has 2 atom stereocenters. The Balaban J connectivity index is 2.19. The first-order valence-corrected chi connectivity index (χ1v) is 7.62. The second-order valence-corrected chi connectivity index (χ2v) is 6.20. The van der Waals surface area contributed by atoms with E-state index in [-0.39, 0.29) is 6.04 Å². The van der Waals surface area contributed by atoms with E-state index >= 15 is 0 Å². The van der Waals surface area contributed by atoms with Gasteiger partial charge in [0.15, 0.2) is 0 Å². The molecular weight excluding hydrogens is 238 g/mol. The smallest absolute Gasteiger partial charge is 0.0393 e. The number of hydrogen-bond acceptors (Lipinski definition) is 2. The number of thioether (sulfide) groups is 1. The molecule has 0 amide bonds. The Hall–Kier alpha value is -0.990. The van der Waals surface area contributed by atoms with Crippen molar-refractivity contribution in [1.82, 2.24) is 0 Å². The number of fused-ring (bicyclic) bond motifs is 1. The van der Waals surface area contributed by atoms with Crippen LogP contribution in [-0.4, -0.2) is 11.0 Å². The average Bonchev–Trinajstić information content (AvgIpc) is 2.43. The van der Waals surface area contributed by atoms with Crippen LogP contribution in [0.5, 0.6) is 0 Å². The van der Waals surface area contributed by atoms with Crippen molar-refractivity contribution in [3.05, 3.63) is 48.0 Å². The highest BCUT2D eigenvalue weighted by Crippen LogP contribution is 2.26. The van der Waals surface area contributed by atoms with E-state index in [1.165, 1.54) is 22.8 Å². The number of benzene rings is 2. The highest BCUT2D eigenvalue weighted by molar-refractivity contribution is 7.99. The van der Waals surface area contributed by atoms with Crippen LogP contribution in [0.25, 0.3) is 10.8 Å². The minimum atomic E-state index is 0.120. The van der Waals surface area contributed by atoms with Crippen molar-refractivity contribution in [2.75, 3.05) is 5.75 Å². The number of nitrogens with two attached hydrogens (primary N) is 1. The lowest BCUT2D eigenvalue weighted by Gasteiger charge is -2.16. The van der Waals surface area contributed by atoms with Gasteiger partial charge in [-0.3, -0.25) is 0 Å². The number of rotatable bonds is 5. The van der Waals surface area contributed by atoms with Gasteiger partial charge in [0, 0.05) is 17.0 Å². The zero-order valence-corrected chi connectivity index (χ0v) is 11.9. The summed E-state index contributed by atoms with van der Waals surface area (Å²) in [5.74, 6) is 0.989. The van der Waals surface area contributed by atoms with E-state index in [9.17, 15) is 0 Å². The van der Waals surface area contributed by atoms with Gasteiger partial charge in [0.25, 0.3) is 0 Å². The van der Waals surface area contributed by atoms with Crippen molar-refractivity contribution < 1.29 is 0 Å². The Morgan fingerprint density at radius 1 is 1.11 bits per heavy atom. The van der Waals surface area contributed by atoms with E-state index in [1.807, 2.05) is 11.8 Å². The molecule has 0 spiro atoms. The molecule has 2 unspecified atom stereocenters. The molecule has 0 fully saturated rings. The van der Waals surface area contributed by atoms with Crippen LogP contribution in [0.15, 0.2) is 42.5 Å². The van der Waals surface area contributed by atoms with Crippen molar-refractivity contribution in [1.29, 1.82) is 0 Å². The summed E-state index contributed by atoms with van der Waals surface area (Å²) in [6.07, 6.45) is 1.20. The van der Waals surface area contributed by atoms with Crippen LogP contribution < -0.4 is 5.73 Å². The van der Waals surface area contributed by atoms with Gasteiger partial charge < -0.3 is 5.73 Å². The largest absolute Gasteiger partial charge is 0.323 e. The molecule has 0 bridgehead atoms. The van der Waals surface area contributed by atoms with Gasteiger partial charge in [-0.2, -0.15) is 11.8 Å². The summed E-state index contributed by atoms with van der Waals surface area (Å²) in [7, 11) is 0. The predicted molar refractivity (Wildman–Crippen MR) is 83.1 cm³/mol. The SMILES string of the molecule is CCC(C)SCC(N)c1cccc2ccccc12. The first kappa shape index (κ1) is 13.4. The molecule has 0 aliphatic rings. The van der Waals surface area contributed by atoms with E-state index in [0.29, 0.717) is 5.25 Å². The predicted octanol–water partition coefficient (Wildman–Crippen LogP) is 4.37. The summed E-state index contributed by atoms with van der Waals surface area (Å²) >= 11 is 1.96. The quantitative estimate of drug-likeness (QED) is 0.862. The lowest BCUT2D eigenvalue weighted by atomic mass is 10.0. The molecular formula is C16H21NS. The van der Waals surface area contributed by atoms with Crippen LogP contribution in [0.1, 0.15) is 31.9 Å². The molecule has 0 saturated carbocycles. The standard InChI is InChI=1S/C16H21NS/c1-3-12(2)18-11-16(17)15-10-6-8-13-7-4-5-9-14(13)15/h4-10,12,16H,3,11,17H2,1-2H3. The zero-order valence-electron chi connectivity index (χ0n) is 11.1. The Labute approximate surface area is 114 Å². The van der Waals surface area contributed by atoms with Crippen LogP contribution in [0.3, 0.4) is 0 Å². The van der Waals surface area contributed by atoms with Crippen molar-refractivity contribution in [2.24, 2.45) is 5.73 Å². The number of hydrogen-bond donors (Lipinski definition) is 1. The van der Waals surface area contributed by atoms with Crippen molar-refractivity contribution in [3.8, 4) is 0 Å². The van der Waals surface area contributed by atoms with Crippen LogP contribution in [0.4, 0.5) is 0 Å². The van der Waals surface area contributed by atoms with Crippen molar-refractivity contribution >= 4 is 22.5 Å². The van der Waals surface area contributed by atoms with Crippen LogP contribution in [0.2, 0.25) is 0 Å². The highest BCUT2D eigenvalue weighted by atomic mass is 32.2. The van der Waals surface area contributed by atoms with Gasteiger partial charge in [0.05, 0.1) is 0 Å². The third-order valence-electron chi connectivity index (χ3n) is 3.36. The van der Waals surface area contributed by atoms with E-state index in [1.54, 1.807) is 0 Å². The third-order valence-corrected chi connectivity index (χ3v) is 4.81. The molecule has 1 nitrogen and oxygen atoms in total. The molecule has 0 radical (unpaired) electrons. The Morgan fingerprint density at radius 2 is 1.83 bits per heavy atom. The highest BCUT2D eigenvalue weighted by Gasteiger charge is 2.11. The maximum absolute atomic E-state index is 6.34. The lowest BCUT2D eigenvalue weighted by Crippen LogP contribution is -2.15. The Bertz CT molecular complexity index is 504. The van der Waals surface area contributed by atoms with E-state index in [0.717, 1.165) is 5.75 Å².